The summed E-state index contributed by atoms with van der Waals surface area (Å²) in [5.74, 6) is -1.15. The van der Waals surface area contributed by atoms with E-state index < -0.39 is 27.4 Å². The number of anilines is 2. The number of hydrogen-bond acceptors (Lipinski definition) is 5. The van der Waals surface area contributed by atoms with Gasteiger partial charge in [-0.15, -0.1) is 0 Å². The van der Waals surface area contributed by atoms with Crippen LogP contribution in [0.1, 0.15) is 6.92 Å². The molecule has 2 amide bonds. The highest BCUT2D eigenvalue weighted by molar-refractivity contribution is 7.86. The Labute approximate surface area is 145 Å². The van der Waals surface area contributed by atoms with Gasteiger partial charge in [0, 0.05) is 24.4 Å². The molecular weight excluding hydrogens is 346 g/mol. The van der Waals surface area contributed by atoms with Crippen LogP contribution in [0.4, 0.5) is 17.1 Å². The zero-order valence-electron chi connectivity index (χ0n) is 13.2. The molecule has 0 heterocycles. The molecule has 2 aromatic carbocycles. The number of amides is 2. The van der Waals surface area contributed by atoms with E-state index in [9.17, 15) is 23.9 Å². The molecule has 25 heavy (non-hydrogen) atoms. The lowest BCUT2D eigenvalue weighted by Gasteiger charge is -2.07. The summed E-state index contributed by atoms with van der Waals surface area (Å²) in [7, 11) is -1.84. The van der Waals surface area contributed by atoms with Crippen LogP contribution in [0.5, 0.6) is 0 Å². The van der Waals surface area contributed by atoms with E-state index in [-0.39, 0.29) is 16.5 Å². The largest absolute Gasteiger partial charge is 0.326 e. The number of hydrogen-bond donors (Lipinski definition) is 2. The molecule has 0 aliphatic rings. The molecular formula is C16H15N3O5S. The predicted octanol–water partition coefficient (Wildman–Crippen LogP) is 2.30. The van der Waals surface area contributed by atoms with E-state index in [0.29, 0.717) is 11.4 Å². The van der Waals surface area contributed by atoms with Crippen molar-refractivity contribution in [2.45, 2.75) is 11.8 Å². The summed E-state index contributed by atoms with van der Waals surface area (Å²) in [6.07, 6.45) is 0. The number of nitro groups is 1. The third-order valence-corrected chi connectivity index (χ3v) is 4.42. The third kappa shape index (κ3) is 5.21. The molecule has 0 aliphatic carbocycles. The molecule has 0 radical (unpaired) electrons. The van der Waals surface area contributed by atoms with Crippen LogP contribution in [0.2, 0.25) is 0 Å². The van der Waals surface area contributed by atoms with Gasteiger partial charge in [0.25, 0.3) is 5.69 Å². The molecule has 9 heteroatoms. The molecule has 1 unspecified atom stereocenters. The summed E-state index contributed by atoms with van der Waals surface area (Å²) < 4.78 is 12.2. The van der Waals surface area contributed by atoms with Crippen molar-refractivity contribution in [3.05, 3.63) is 58.6 Å². The van der Waals surface area contributed by atoms with Crippen molar-refractivity contribution in [2.24, 2.45) is 0 Å². The van der Waals surface area contributed by atoms with Gasteiger partial charge in [0.1, 0.15) is 10.6 Å². The Balaban J connectivity index is 2.01. The normalized spacial score (nSPS) is 11.4. The highest BCUT2D eigenvalue weighted by Crippen LogP contribution is 2.21. The number of carbonyl (C=O) groups is 2. The Morgan fingerprint density at radius 3 is 2.16 bits per heavy atom. The second kappa shape index (κ2) is 8.15. The predicted molar refractivity (Wildman–Crippen MR) is 93.7 cm³/mol. The van der Waals surface area contributed by atoms with E-state index in [4.69, 9.17) is 0 Å². The standard InChI is InChI=1S/C16H15N3O5S/c1-11(20)17-12-6-8-13(9-7-12)18-16(21)10-25(24)15-5-3-2-4-14(15)19(22)23/h2-9H,10H2,1H3,(H,17,20)(H,18,21). The summed E-state index contributed by atoms with van der Waals surface area (Å²) >= 11 is 0. The molecule has 1 atom stereocenters. The zero-order chi connectivity index (χ0) is 18.4. The summed E-state index contributed by atoms with van der Waals surface area (Å²) in [6.45, 7) is 1.38. The lowest BCUT2D eigenvalue weighted by molar-refractivity contribution is -0.387. The van der Waals surface area contributed by atoms with Gasteiger partial charge in [0.15, 0.2) is 0 Å². The van der Waals surface area contributed by atoms with Crippen LogP contribution in [0.25, 0.3) is 0 Å². The highest BCUT2D eigenvalue weighted by Gasteiger charge is 2.20. The third-order valence-electron chi connectivity index (χ3n) is 3.06. The number of nitrogens with zero attached hydrogens (tertiary/aromatic N) is 1. The SMILES string of the molecule is CC(=O)Nc1ccc(NC(=O)CS(=O)c2ccccc2[N+](=O)[O-])cc1. The van der Waals surface area contributed by atoms with Gasteiger partial charge < -0.3 is 10.6 Å². The molecule has 130 valence electrons. The lowest BCUT2D eigenvalue weighted by atomic mass is 10.3. The summed E-state index contributed by atoms with van der Waals surface area (Å²) in [5.41, 5.74) is 0.751. The molecule has 0 aliphatic heterocycles. The second-order valence-corrected chi connectivity index (χ2v) is 6.44. The van der Waals surface area contributed by atoms with Crippen LogP contribution in [-0.2, 0) is 20.4 Å². The van der Waals surface area contributed by atoms with Gasteiger partial charge in [-0.2, -0.15) is 0 Å². The van der Waals surface area contributed by atoms with Crippen molar-refractivity contribution in [1.29, 1.82) is 0 Å². The van der Waals surface area contributed by atoms with E-state index in [1.165, 1.54) is 31.2 Å². The zero-order valence-corrected chi connectivity index (χ0v) is 14.0. The molecule has 0 saturated carbocycles. The van der Waals surface area contributed by atoms with Crippen molar-refractivity contribution in [3.63, 3.8) is 0 Å². The Morgan fingerprint density at radius 2 is 1.60 bits per heavy atom. The number of rotatable bonds is 6. The van der Waals surface area contributed by atoms with Crippen LogP contribution in [0.15, 0.2) is 53.4 Å². The molecule has 8 nitrogen and oxygen atoms in total. The van der Waals surface area contributed by atoms with Crippen LogP contribution < -0.4 is 10.6 Å². The topological polar surface area (TPSA) is 118 Å². The summed E-state index contributed by atoms with van der Waals surface area (Å²) in [5, 5.41) is 16.1. The Morgan fingerprint density at radius 1 is 1.04 bits per heavy atom. The number of nitro benzene ring substituents is 1. The molecule has 2 aromatic rings. The van der Waals surface area contributed by atoms with Gasteiger partial charge in [0.2, 0.25) is 11.8 Å². The average molecular weight is 361 g/mol. The van der Waals surface area contributed by atoms with Crippen molar-refractivity contribution in [1.82, 2.24) is 0 Å². The smallest absolute Gasteiger partial charge is 0.285 e. The van der Waals surface area contributed by atoms with Crippen LogP contribution >= 0.6 is 0 Å². The van der Waals surface area contributed by atoms with Gasteiger partial charge in [-0.3, -0.25) is 23.9 Å². The fourth-order valence-corrected chi connectivity index (χ4v) is 3.11. The molecule has 2 rings (SSSR count). The van der Waals surface area contributed by atoms with Gasteiger partial charge in [-0.05, 0) is 30.3 Å². The second-order valence-electron chi connectivity index (χ2n) is 5.02. The maximum absolute atomic E-state index is 12.2. The Hall–Kier alpha value is -3.07. The maximum atomic E-state index is 12.2. The molecule has 0 bridgehead atoms. The lowest BCUT2D eigenvalue weighted by Crippen LogP contribution is -2.20. The van der Waals surface area contributed by atoms with E-state index in [0.717, 1.165) is 0 Å². The van der Waals surface area contributed by atoms with E-state index in [1.807, 2.05) is 0 Å². The average Bonchev–Trinajstić information content (AvgIpc) is 2.56. The minimum Gasteiger partial charge on any atom is -0.326 e. The minimum atomic E-state index is -1.84. The fourth-order valence-electron chi connectivity index (χ4n) is 2.03. The first-order valence-electron chi connectivity index (χ1n) is 7.16. The molecule has 0 saturated heterocycles. The number of nitrogens with one attached hydrogen (secondary N) is 2. The molecule has 0 fully saturated rings. The van der Waals surface area contributed by atoms with Crippen molar-refractivity contribution < 1.29 is 18.7 Å². The molecule has 0 aromatic heterocycles. The van der Waals surface area contributed by atoms with E-state index in [2.05, 4.69) is 10.6 Å². The molecule has 0 spiro atoms. The fraction of sp³-hybridized carbons (Fsp3) is 0.125. The van der Waals surface area contributed by atoms with Gasteiger partial charge in [-0.1, -0.05) is 12.1 Å². The number of benzene rings is 2. The monoisotopic (exact) mass is 361 g/mol. The number of para-hydroxylation sites is 1. The first-order valence-corrected chi connectivity index (χ1v) is 8.48. The molecule has 2 N–H and O–H groups in total. The quantitative estimate of drug-likeness (QED) is 0.604. The van der Waals surface area contributed by atoms with Crippen LogP contribution in [0, 0.1) is 10.1 Å². The maximum Gasteiger partial charge on any atom is 0.285 e. The van der Waals surface area contributed by atoms with Gasteiger partial charge in [0.05, 0.1) is 15.7 Å². The first-order chi connectivity index (χ1) is 11.9. The van der Waals surface area contributed by atoms with Gasteiger partial charge in [-0.25, -0.2) is 0 Å². The highest BCUT2D eigenvalue weighted by atomic mass is 32.2. The van der Waals surface area contributed by atoms with Gasteiger partial charge >= 0.3 is 0 Å². The van der Waals surface area contributed by atoms with Crippen LogP contribution in [0.3, 0.4) is 0 Å². The van der Waals surface area contributed by atoms with Crippen molar-refractivity contribution in [2.75, 3.05) is 16.4 Å². The van der Waals surface area contributed by atoms with E-state index in [1.54, 1.807) is 24.3 Å². The Kier molecular flexibility index (Phi) is 5.96. The van der Waals surface area contributed by atoms with Crippen LogP contribution in [-0.4, -0.2) is 26.7 Å². The first kappa shape index (κ1) is 18.3. The summed E-state index contributed by atoms with van der Waals surface area (Å²) in [4.78, 5) is 33.3. The van der Waals surface area contributed by atoms with Crippen molar-refractivity contribution in [3.8, 4) is 0 Å². The summed E-state index contributed by atoms with van der Waals surface area (Å²) in [6, 6.07) is 12.0. The number of carbonyl (C=O) groups excluding carboxylic acids is 2. The Bertz CT molecular complexity index is 836. The van der Waals surface area contributed by atoms with Crippen molar-refractivity contribution >= 4 is 39.7 Å². The van der Waals surface area contributed by atoms with E-state index >= 15 is 0 Å². The minimum absolute atomic E-state index is 0.00339.